The van der Waals surface area contributed by atoms with Crippen LogP contribution in [0.15, 0.2) is 10.7 Å². The Bertz CT molecular complexity index is 17.2. The molecule has 0 nitrogen and oxygen atoms in total. The van der Waals surface area contributed by atoms with Crippen molar-refractivity contribution >= 4 is 0 Å². The molecule has 0 unspecified atom stereocenters. The summed E-state index contributed by atoms with van der Waals surface area (Å²) in [5.41, 5.74) is 0. The van der Waals surface area contributed by atoms with Crippen LogP contribution in [-0.2, 0) is 0 Å². The minimum atomic E-state index is 0.374. The summed E-state index contributed by atoms with van der Waals surface area (Å²) in [5.74, 6) is 0. The van der Waals surface area contributed by atoms with Crippen LogP contribution in [0.3, 0.4) is 0 Å². The van der Waals surface area contributed by atoms with Crippen LogP contribution >= 0.6 is 0 Å². The van der Waals surface area contributed by atoms with Crippen LogP contribution in [0.1, 0.15) is 0 Å². The SMILES string of the molecule is C=C[I-]C. The summed E-state index contributed by atoms with van der Waals surface area (Å²) >= 11 is 0.374. The van der Waals surface area contributed by atoms with E-state index in [0.717, 1.165) is 0 Å². The molecule has 0 N–H and O–H groups in total. The molecule has 0 fully saturated rings. The molecule has 0 heterocycles. The van der Waals surface area contributed by atoms with E-state index in [1.807, 2.05) is 4.08 Å². The van der Waals surface area contributed by atoms with E-state index in [-0.39, 0.29) is 0 Å². The first-order valence-corrected chi connectivity index (χ1v) is 4.41. The van der Waals surface area contributed by atoms with Crippen LogP contribution < -0.4 is 21.2 Å². The first-order valence-electron chi connectivity index (χ1n) is 1.00. The summed E-state index contributed by atoms with van der Waals surface area (Å²) in [5, 5.41) is 0. The standard InChI is InChI=1S/C3H6I/c1-3-4-2/h3H,1H2,2H3/q-1. The normalized spacial score (nSPS) is 7.25. The average molecular weight is 169 g/mol. The second kappa shape index (κ2) is 3.47. The predicted molar refractivity (Wildman–Crippen MR) is 16.1 cm³/mol. The van der Waals surface area contributed by atoms with E-state index in [1.165, 1.54) is 0 Å². The Morgan fingerprint density at radius 1 is 2.00 bits per heavy atom. The molecule has 0 aromatic rings. The Morgan fingerprint density at radius 3 is 2.25 bits per heavy atom. The Hall–Kier alpha value is 0.470. The number of rotatable bonds is 1. The van der Waals surface area contributed by atoms with Gasteiger partial charge in [-0.05, 0) is 0 Å². The van der Waals surface area contributed by atoms with Crippen molar-refractivity contribution in [2.24, 2.45) is 0 Å². The molecule has 0 aliphatic rings. The van der Waals surface area contributed by atoms with E-state index in [0.29, 0.717) is 21.2 Å². The van der Waals surface area contributed by atoms with Gasteiger partial charge >= 0.3 is 36.8 Å². The van der Waals surface area contributed by atoms with E-state index in [2.05, 4.69) is 11.5 Å². The Labute approximate surface area is 37.2 Å². The van der Waals surface area contributed by atoms with E-state index >= 15 is 0 Å². The molecular formula is C3H6I-. The fraction of sp³-hybridized carbons (Fsp3) is 0.333. The van der Waals surface area contributed by atoms with Gasteiger partial charge < -0.3 is 0 Å². The van der Waals surface area contributed by atoms with Gasteiger partial charge in [0.05, 0.1) is 0 Å². The van der Waals surface area contributed by atoms with Crippen molar-refractivity contribution in [2.75, 3.05) is 4.93 Å². The molecule has 0 atom stereocenters. The van der Waals surface area contributed by atoms with E-state index < -0.39 is 0 Å². The van der Waals surface area contributed by atoms with Gasteiger partial charge in [0.15, 0.2) is 0 Å². The van der Waals surface area contributed by atoms with Crippen molar-refractivity contribution in [3.05, 3.63) is 10.7 Å². The molecule has 0 radical (unpaired) electrons. The molecule has 0 aromatic carbocycles. The van der Waals surface area contributed by atoms with Gasteiger partial charge in [-0.3, -0.25) is 0 Å². The predicted octanol–water partition coefficient (Wildman–Crippen LogP) is -2.15. The van der Waals surface area contributed by atoms with Crippen LogP contribution in [0.25, 0.3) is 0 Å². The van der Waals surface area contributed by atoms with E-state index in [1.54, 1.807) is 0 Å². The van der Waals surface area contributed by atoms with E-state index in [4.69, 9.17) is 0 Å². The van der Waals surface area contributed by atoms with Gasteiger partial charge in [0.2, 0.25) is 0 Å². The van der Waals surface area contributed by atoms with Crippen molar-refractivity contribution < 1.29 is 21.2 Å². The second-order valence-electron chi connectivity index (χ2n) is 0.373. The molecule has 0 bridgehead atoms. The van der Waals surface area contributed by atoms with Crippen LogP contribution in [0.5, 0.6) is 0 Å². The maximum absolute atomic E-state index is 3.53. The third-order valence-electron chi connectivity index (χ3n) is 0.154. The second-order valence-corrected chi connectivity index (χ2v) is 2.50. The van der Waals surface area contributed by atoms with Gasteiger partial charge in [-0.15, -0.1) is 0 Å². The number of hydrogen-bond acceptors (Lipinski definition) is 0. The molecule has 1 heteroatoms. The molecule has 0 spiro atoms. The van der Waals surface area contributed by atoms with Gasteiger partial charge in [0.25, 0.3) is 0 Å². The number of hydrogen-bond donors (Lipinski definition) is 0. The Morgan fingerprint density at radius 2 is 2.25 bits per heavy atom. The maximum atomic E-state index is 3.53. The van der Waals surface area contributed by atoms with Gasteiger partial charge in [-0.1, -0.05) is 0 Å². The summed E-state index contributed by atoms with van der Waals surface area (Å²) in [6.45, 7) is 3.53. The molecule has 0 aromatic heterocycles. The third-order valence-corrected chi connectivity index (χ3v) is 1.04. The van der Waals surface area contributed by atoms with Gasteiger partial charge in [-0.25, -0.2) is 0 Å². The molecule has 0 rings (SSSR count). The summed E-state index contributed by atoms with van der Waals surface area (Å²) in [4.78, 5) is 2.17. The van der Waals surface area contributed by atoms with Crippen molar-refractivity contribution in [3.8, 4) is 0 Å². The van der Waals surface area contributed by atoms with Gasteiger partial charge in [0.1, 0.15) is 0 Å². The Kier molecular flexibility index (Phi) is 3.88. The van der Waals surface area contributed by atoms with E-state index in [9.17, 15) is 0 Å². The first-order chi connectivity index (χ1) is 1.91. The molecule has 0 amide bonds. The third kappa shape index (κ3) is 2.47. The number of alkyl halides is 1. The Balaban J connectivity index is 2.30. The summed E-state index contributed by atoms with van der Waals surface area (Å²) in [6, 6.07) is 0. The quantitative estimate of drug-likeness (QED) is 0.310. The molecular weight excluding hydrogens is 163 g/mol. The molecule has 0 saturated carbocycles. The van der Waals surface area contributed by atoms with Crippen molar-refractivity contribution in [1.29, 1.82) is 0 Å². The topological polar surface area (TPSA) is 0 Å². The zero-order valence-electron chi connectivity index (χ0n) is 2.66. The summed E-state index contributed by atoms with van der Waals surface area (Å²) < 4.78 is 1.98. The summed E-state index contributed by atoms with van der Waals surface area (Å²) in [6.07, 6.45) is 0. The minimum absolute atomic E-state index is 0.374. The first kappa shape index (κ1) is 4.47. The zero-order chi connectivity index (χ0) is 3.41. The molecule has 0 aliphatic carbocycles. The summed E-state index contributed by atoms with van der Waals surface area (Å²) in [7, 11) is 0. The molecule has 0 aliphatic heterocycles. The van der Waals surface area contributed by atoms with Crippen LogP contribution in [0, 0.1) is 0 Å². The molecule has 0 saturated heterocycles. The molecule has 26 valence electrons. The number of halogens is 1. The van der Waals surface area contributed by atoms with Crippen LogP contribution in [0.4, 0.5) is 0 Å². The van der Waals surface area contributed by atoms with Crippen molar-refractivity contribution in [2.45, 2.75) is 0 Å². The van der Waals surface area contributed by atoms with Gasteiger partial charge in [0, 0.05) is 0 Å². The molecule has 4 heavy (non-hydrogen) atoms. The van der Waals surface area contributed by atoms with Crippen LogP contribution in [-0.4, -0.2) is 4.93 Å². The van der Waals surface area contributed by atoms with Gasteiger partial charge in [-0.2, -0.15) is 0 Å². The van der Waals surface area contributed by atoms with Crippen molar-refractivity contribution in [1.82, 2.24) is 0 Å². The average Bonchev–Trinajstić information content (AvgIpc) is 1.37. The zero-order valence-corrected chi connectivity index (χ0v) is 4.82. The van der Waals surface area contributed by atoms with Crippen molar-refractivity contribution in [3.63, 3.8) is 0 Å². The fourth-order valence-electron chi connectivity index (χ4n) is 0. The monoisotopic (exact) mass is 169 g/mol. The van der Waals surface area contributed by atoms with Crippen LogP contribution in [0.2, 0.25) is 0 Å². The fourth-order valence-corrected chi connectivity index (χ4v) is 0.